The van der Waals surface area contributed by atoms with Crippen LogP contribution in [-0.2, 0) is 16.6 Å². The summed E-state index contributed by atoms with van der Waals surface area (Å²) in [5.41, 5.74) is 1.03. The van der Waals surface area contributed by atoms with Gasteiger partial charge in [-0.05, 0) is 42.8 Å². The molecule has 0 amide bonds. The number of hydrogen-bond acceptors (Lipinski definition) is 4. The zero-order chi connectivity index (χ0) is 13.2. The molecule has 2 rings (SSSR count). The molecule has 0 aromatic carbocycles. The van der Waals surface area contributed by atoms with Crippen LogP contribution in [0.4, 0.5) is 0 Å². The predicted molar refractivity (Wildman–Crippen MR) is 74.2 cm³/mol. The van der Waals surface area contributed by atoms with Crippen molar-refractivity contribution in [3.63, 3.8) is 0 Å². The van der Waals surface area contributed by atoms with Gasteiger partial charge in [-0.3, -0.25) is 0 Å². The Labute approximate surface area is 113 Å². The number of rotatable bonds is 6. The lowest BCUT2D eigenvalue weighted by Gasteiger charge is -2.29. The highest BCUT2D eigenvalue weighted by Gasteiger charge is 2.27. The van der Waals surface area contributed by atoms with E-state index >= 15 is 0 Å². The van der Waals surface area contributed by atoms with Gasteiger partial charge in [-0.2, -0.15) is 4.31 Å². The van der Waals surface area contributed by atoms with Gasteiger partial charge in [-0.15, -0.1) is 11.3 Å². The Morgan fingerprint density at radius 3 is 2.78 bits per heavy atom. The first-order valence-electron chi connectivity index (χ1n) is 6.22. The molecule has 1 aromatic heterocycles. The molecule has 1 aromatic rings. The van der Waals surface area contributed by atoms with Gasteiger partial charge in [0.2, 0.25) is 0 Å². The lowest BCUT2D eigenvalue weighted by Crippen LogP contribution is -2.33. The van der Waals surface area contributed by atoms with Gasteiger partial charge in [0.15, 0.2) is 0 Å². The van der Waals surface area contributed by atoms with Crippen molar-refractivity contribution in [1.82, 2.24) is 9.62 Å². The number of sulfonamides is 1. The first-order valence-corrected chi connectivity index (χ1v) is 8.54. The van der Waals surface area contributed by atoms with E-state index in [-0.39, 0.29) is 0 Å². The molecule has 1 heterocycles. The SMILES string of the molecule is CNCc1csc(S(=O)(=O)N(C)CC2CCC2)c1. The maximum atomic E-state index is 12.3. The van der Waals surface area contributed by atoms with Crippen LogP contribution in [0.2, 0.25) is 0 Å². The van der Waals surface area contributed by atoms with Crippen LogP contribution in [0.3, 0.4) is 0 Å². The molecule has 0 bridgehead atoms. The highest BCUT2D eigenvalue weighted by atomic mass is 32.2. The third kappa shape index (κ3) is 2.93. The minimum Gasteiger partial charge on any atom is -0.316 e. The van der Waals surface area contributed by atoms with Crippen LogP contribution in [-0.4, -0.2) is 33.4 Å². The maximum Gasteiger partial charge on any atom is 0.252 e. The topological polar surface area (TPSA) is 49.4 Å². The van der Waals surface area contributed by atoms with Crippen molar-refractivity contribution in [2.24, 2.45) is 5.92 Å². The minimum atomic E-state index is -3.28. The molecular weight excluding hydrogens is 268 g/mol. The second-order valence-corrected chi connectivity index (χ2v) is 8.07. The molecule has 1 aliphatic carbocycles. The zero-order valence-corrected chi connectivity index (χ0v) is 12.5. The summed E-state index contributed by atoms with van der Waals surface area (Å²) in [4.78, 5) is 0. The average molecular weight is 288 g/mol. The van der Waals surface area contributed by atoms with Gasteiger partial charge in [-0.1, -0.05) is 6.42 Å². The van der Waals surface area contributed by atoms with E-state index in [9.17, 15) is 8.42 Å². The maximum absolute atomic E-state index is 12.3. The highest BCUT2D eigenvalue weighted by molar-refractivity contribution is 7.91. The molecule has 0 atom stereocenters. The van der Waals surface area contributed by atoms with E-state index in [0.29, 0.717) is 23.2 Å². The number of hydrogen-bond donors (Lipinski definition) is 1. The summed E-state index contributed by atoms with van der Waals surface area (Å²) in [6.45, 7) is 1.36. The first-order chi connectivity index (χ1) is 8.54. The van der Waals surface area contributed by atoms with Gasteiger partial charge >= 0.3 is 0 Å². The predicted octanol–water partition coefficient (Wildman–Crippen LogP) is 1.89. The van der Waals surface area contributed by atoms with Gasteiger partial charge < -0.3 is 5.32 Å². The van der Waals surface area contributed by atoms with Crippen LogP contribution in [0.5, 0.6) is 0 Å². The zero-order valence-electron chi connectivity index (χ0n) is 10.8. The van der Waals surface area contributed by atoms with E-state index in [1.54, 1.807) is 13.1 Å². The molecule has 4 nitrogen and oxygen atoms in total. The summed E-state index contributed by atoms with van der Waals surface area (Å²) in [6, 6.07) is 1.77. The monoisotopic (exact) mass is 288 g/mol. The molecule has 102 valence electrons. The fraction of sp³-hybridized carbons (Fsp3) is 0.667. The molecule has 0 aliphatic heterocycles. The van der Waals surface area contributed by atoms with Crippen LogP contribution in [0.1, 0.15) is 24.8 Å². The van der Waals surface area contributed by atoms with Crippen LogP contribution in [0.25, 0.3) is 0 Å². The Hall–Kier alpha value is -0.430. The van der Waals surface area contributed by atoms with Crippen molar-refractivity contribution < 1.29 is 8.42 Å². The molecule has 0 saturated heterocycles. The Bertz CT molecular complexity index is 492. The summed E-state index contributed by atoms with van der Waals surface area (Å²) >= 11 is 1.31. The molecule has 0 unspecified atom stereocenters. The fourth-order valence-corrected chi connectivity index (χ4v) is 4.74. The third-order valence-electron chi connectivity index (χ3n) is 3.42. The first kappa shape index (κ1) is 14.0. The van der Waals surface area contributed by atoms with E-state index in [4.69, 9.17) is 0 Å². The number of thiophene rings is 1. The lowest BCUT2D eigenvalue weighted by atomic mass is 9.86. The molecule has 1 N–H and O–H groups in total. The summed E-state index contributed by atoms with van der Waals surface area (Å²) in [5.74, 6) is 0.557. The van der Waals surface area contributed by atoms with Crippen LogP contribution in [0, 0.1) is 5.92 Å². The van der Waals surface area contributed by atoms with E-state index in [1.165, 1.54) is 22.1 Å². The Morgan fingerprint density at radius 2 is 2.22 bits per heavy atom. The van der Waals surface area contributed by atoms with Crippen molar-refractivity contribution in [3.8, 4) is 0 Å². The smallest absolute Gasteiger partial charge is 0.252 e. The molecular formula is C12H20N2O2S2. The van der Waals surface area contributed by atoms with Gasteiger partial charge in [0.05, 0.1) is 0 Å². The molecule has 18 heavy (non-hydrogen) atoms. The van der Waals surface area contributed by atoms with Crippen molar-refractivity contribution in [2.75, 3.05) is 20.6 Å². The number of nitrogens with zero attached hydrogens (tertiary/aromatic N) is 1. The summed E-state index contributed by atoms with van der Waals surface area (Å²) in [5, 5.41) is 4.93. The molecule has 0 radical (unpaired) electrons. The Morgan fingerprint density at radius 1 is 1.50 bits per heavy atom. The van der Waals surface area contributed by atoms with E-state index in [0.717, 1.165) is 18.4 Å². The highest BCUT2D eigenvalue weighted by Crippen LogP contribution is 2.29. The van der Waals surface area contributed by atoms with Crippen LogP contribution < -0.4 is 5.32 Å². The molecule has 6 heteroatoms. The average Bonchev–Trinajstić information content (AvgIpc) is 2.72. The molecule has 1 fully saturated rings. The van der Waals surface area contributed by atoms with Crippen molar-refractivity contribution in [1.29, 1.82) is 0 Å². The Kier molecular flexibility index (Phi) is 4.42. The van der Waals surface area contributed by atoms with E-state index in [2.05, 4.69) is 5.32 Å². The quantitative estimate of drug-likeness (QED) is 0.869. The van der Waals surface area contributed by atoms with E-state index < -0.39 is 10.0 Å². The minimum absolute atomic E-state index is 0.453. The van der Waals surface area contributed by atoms with Crippen molar-refractivity contribution in [3.05, 3.63) is 17.0 Å². The van der Waals surface area contributed by atoms with Gasteiger partial charge in [0, 0.05) is 20.1 Å². The summed E-state index contributed by atoms with van der Waals surface area (Å²) in [6.07, 6.45) is 3.56. The second-order valence-electron chi connectivity index (χ2n) is 4.89. The normalized spacial score (nSPS) is 17.1. The van der Waals surface area contributed by atoms with Crippen LogP contribution >= 0.6 is 11.3 Å². The van der Waals surface area contributed by atoms with Gasteiger partial charge in [0.25, 0.3) is 10.0 Å². The largest absolute Gasteiger partial charge is 0.316 e. The molecule has 0 spiro atoms. The van der Waals surface area contributed by atoms with Gasteiger partial charge in [0.1, 0.15) is 4.21 Å². The summed E-state index contributed by atoms with van der Waals surface area (Å²) < 4.78 is 26.6. The van der Waals surface area contributed by atoms with Crippen molar-refractivity contribution in [2.45, 2.75) is 30.0 Å². The van der Waals surface area contributed by atoms with Crippen molar-refractivity contribution >= 4 is 21.4 Å². The van der Waals surface area contributed by atoms with Crippen LogP contribution in [0.15, 0.2) is 15.7 Å². The fourth-order valence-electron chi connectivity index (χ4n) is 2.08. The lowest BCUT2D eigenvalue weighted by molar-refractivity contribution is 0.263. The van der Waals surface area contributed by atoms with Gasteiger partial charge in [-0.25, -0.2) is 8.42 Å². The summed E-state index contributed by atoms with van der Waals surface area (Å²) in [7, 11) is 0.258. The molecule has 1 aliphatic rings. The Balaban J connectivity index is 2.07. The third-order valence-corrected chi connectivity index (χ3v) is 6.70. The second kappa shape index (κ2) is 5.69. The van der Waals surface area contributed by atoms with E-state index in [1.807, 2.05) is 12.4 Å². The molecule has 1 saturated carbocycles. The number of nitrogens with one attached hydrogen (secondary N) is 1. The standard InChI is InChI=1S/C12H20N2O2S2/c1-13-7-11-6-12(17-9-11)18(15,16)14(2)8-10-4-3-5-10/h6,9-10,13H,3-5,7-8H2,1-2H3.